The van der Waals surface area contributed by atoms with E-state index in [9.17, 15) is 5.11 Å². The molecule has 0 spiro atoms. The summed E-state index contributed by atoms with van der Waals surface area (Å²) in [6.45, 7) is 4.98. The molecule has 0 heterocycles. The lowest BCUT2D eigenvalue weighted by molar-refractivity contribution is 0.210. The summed E-state index contributed by atoms with van der Waals surface area (Å²) in [5.74, 6) is 0.402. The molecule has 0 aliphatic heterocycles. The average Bonchev–Trinajstić information content (AvgIpc) is 2.21. The number of aliphatic hydroxyl groups is 1. The molecule has 1 aromatic rings. The molecule has 2 N–H and O–H groups in total. The van der Waals surface area contributed by atoms with Crippen molar-refractivity contribution >= 4 is 27.5 Å². The second-order valence-corrected chi connectivity index (χ2v) is 5.47. The van der Waals surface area contributed by atoms with Gasteiger partial charge in [-0.05, 0) is 23.6 Å². The third kappa shape index (κ3) is 4.06. The van der Waals surface area contributed by atoms with Crippen molar-refractivity contribution in [2.75, 3.05) is 6.61 Å². The molecule has 4 heteroatoms. The summed E-state index contributed by atoms with van der Waals surface area (Å²) < 4.78 is 0.976. The predicted molar refractivity (Wildman–Crippen MR) is 71.7 cm³/mol. The van der Waals surface area contributed by atoms with Crippen molar-refractivity contribution in [1.82, 2.24) is 5.32 Å². The van der Waals surface area contributed by atoms with Crippen LogP contribution in [0, 0.1) is 5.92 Å². The fourth-order valence-electron chi connectivity index (χ4n) is 1.42. The van der Waals surface area contributed by atoms with Gasteiger partial charge in [0.1, 0.15) is 0 Å². The summed E-state index contributed by atoms with van der Waals surface area (Å²) in [5, 5.41) is 13.2. The van der Waals surface area contributed by atoms with Crippen LogP contribution in [-0.2, 0) is 6.54 Å². The van der Waals surface area contributed by atoms with Crippen molar-refractivity contribution in [2.24, 2.45) is 5.92 Å². The highest BCUT2D eigenvalue weighted by molar-refractivity contribution is 9.10. The van der Waals surface area contributed by atoms with Gasteiger partial charge < -0.3 is 10.4 Å². The molecule has 0 aliphatic carbocycles. The van der Waals surface area contributed by atoms with Gasteiger partial charge in [-0.3, -0.25) is 0 Å². The first-order valence-corrected chi connectivity index (χ1v) is 6.50. The Labute approximate surface area is 110 Å². The van der Waals surface area contributed by atoms with E-state index in [1.807, 2.05) is 18.2 Å². The van der Waals surface area contributed by atoms with Gasteiger partial charge in [-0.1, -0.05) is 47.4 Å². The highest BCUT2D eigenvalue weighted by Crippen LogP contribution is 2.21. The smallest absolute Gasteiger partial charge is 0.0587 e. The monoisotopic (exact) mass is 305 g/mol. The molecule has 1 aromatic carbocycles. The zero-order valence-corrected chi connectivity index (χ0v) is 11.8. The quantitative estimate of drug-likeness (QED) is 0.875. The zero-order chi connectivity index (χ0) is 12.1. The van der Waals surface area contributed by atoms with E-state index in [0.717, 1.165) is 15.1 Å². The van der Waals surface area contributed by atoms with Crippen molar-refractivity contribution in [3.05, 3.63) is 33.3 Å². The van der Waals surface area contributed by atoms with Gasteiger partial charge >= 0.3 is 0 Å². The maximum Gasteiger partial charge on any atom is 0.0587 e. The van der Waals surface area contributed by atoms with Gasteiger partial charge in [-0.25, -0.2) is 0 Å². The van der Waals surface area contributed by atoms with Gasteiger partial charge in [0, 0.05) is 22.1 Å². The molecule has 0 saturated heterocycles. The number of hydrogen-bond donors (Lipinski definition) is 2. The number of rotatable bonds is 5. The molecule has 0 aromatic heterocycles. The van der Waals surface area contributed by atoms with Crippen LogP contribution in [0.15, 0.2) is 22.7 Å². The van der Waals surface area contributed by atoms with Gasteiger partial charge in [0.25, 0.3) is 0 Å². The first-order valence-electron chi connectivity index (χ1n) is 5.32. The van der Waals surface area contributed by atoms with E-state index in [2.05, 4.69) is 35.1 Å². The molecular weight excluding hydrogens is 289 g/mol. The molecule has 2 nitrogen and oxygen atoms in total. The van der Waals surface area contributed by atoms with E-state index < -0.39 is 0 Å². The third-order valence-corrected chi connectivity index (χ3v) is 3.42. The van der Waals surface area contributed by atoms with Crippen LogP contribution in [0.3, 0.4) is 0 Å². The van der Waals surface area contributed by atoms with Crippen molar-refractivity contribution in [1.29, 1.82) is 0 Å². The molecule has 0 radical (unpaired) electrons. The Morgan fingerprint density at radius 1 is 1.44 bits per heavy atom. The minimum absolute atomic E-state index is 0.111. The Hall–Kier alpha value is -0.0900. The van der Waals surface area contributed by atoms with E-state index in [-0.39, 0.29) is 12.6 Å². The fourth-order valence-corrected chi connectivity index (χ4v) is 2.16. The number of benzene rings is 1. The molecule has 1 rings (SSSR count). The first kappa shape index (κ1) is 14.0. The van der Waals surface area contributed by atoms with E-state index in [4.69, 9.17) is 11.6 Å². The molecule has 0 bridgehead atoms. The van der Waals surface area contributed by atoms with Crippen molar-refractivity contribution < 1.29 is 5.11 Å². The maximum absolute atomic E-state index is 9.18. The van der Waals surface area contributed by atoms with E-state index in [1.165, 1.54) is 0 Å². The maximum atomic E-state index is 9.18. The van der Waals surface area contributed by atoms with Crippen molar-refractivity contribution in [2.45, 2.75) is 26.4 Å². The van der Waals surface area contributed by atoms with Crippen molar-refractivity contribution in [3.63, 3.8) is 0 Å². The third-order valence-electron chi connectivity index (χ3n) is 2.57. The first-order chi connectivity index (χ1) is 7.54. The minimum atomic E-state index is 0.111. The zero-order valence-electron chi connectivity index (χ0n) is 9.50. The normalized spacial score (nSPS) is 13.1. The summed E-state index contributed by atoms with van der Waals surface area (Å²) in [7, 11) is 0. The van der Waals surface area contributed by atoms with Crippen LogP contribution in [-0.4, -0.2) is 17.8 Å². The summed E-state index contributed by atoms with van der Waals surface area (Å²) in [6, 6.07) is 5.93. The SMILES string of the molecule is CC(C)C(CO)NCc1ccc(Br)cc1Cl. The van der Waals surface area contributed by atoms with Crippen LogP contribution < -0.4 is 5.32 Å². The second-order valence-electron chi connectivity index (χ2n) is 4.15. The Morgan fingerprint density at radius 2 is 2.12 bits per heavy atom. The molecule has 0 fully saturated rings. The number of aliphatic hydroxyl groups excluding tert-OH is 1. The van der Waals surface area contributed by atoms with Gasteiger partial charge in [-0.15, -0.1) is 0 Å². The van der Waals surface area contributed by atoms with Gasteiger partial charge in [0.05, 0.1) is 6.61 Å². The lowest BCUT2D eigenvalue weighted by atomic mass is 10.1. The molecule has 0 aliphatic rings. The number of nitrogens with one attached hydrogen (secondary N) is 1. The summed E-state index contributed by atoms with van der Waals surface area (Å²) in [5.41, 5.74) is 1.05. The van der Waals surface area contributed by atoms with E-state index in [1.54, 1.807) is 0 Å². The lowest BCUT2D eigenvalue weighted by Crippen LogP contribution is -2.36. The number of halogens is 2. The van der Waals surface area contributed by atoms with Crippen molar-refractivity contribution in [3.8, 4) is 0 Å². The Bertz CT molecular complexity index is 344. The molecule has 1 atom stereocenters. The summed E-state index contributed by atoms with van der Waals surface area (Å²) >= 11 is 9.47. The van der Waals surface area contributed by atoms with Crippen LogP contribution in [0.1, 0.15) is 19.4 Å². The molecule has 16 heavy (non-hydrogen) atoms. The second kappa shape index (κ2) is 6.60. The van der Waals surface area contributed by atoms with Crippen LogP contribution in [0.2, 0.25) is 5.02 Å². The fraction of sp³-hybridized carbons (Fsp3) is 0.500. The minimum Gasteiger partial charge on any atom is -0.395 e. The van der Waals surface area contributed by atoms with Crippen LogP contribution in [0.25, 0.3) is 0 Å². The lowest BCUT2D eigenvalue weighted by Gasteiger charge is -2.20. The van der Waals surface area contributed by atoms with Gasteiger partial charge in [-0.2, -0.15) is 0 Å². The Balaban J connectivity index is 2.60. The highest BCUT2D eigenvalue weighted by atomic mass is 79.9. The Kier molecular flexibility index (Phi) is 5.76. The molecule has 0 amide bonds. The van der Waals surface area contributed by atoms with Crippen LogP contribution >= 0.6 is 27.5 Å². The highest BCUT2D eigenvalue weighted by Gasteiger charge is 2.11. The predicted octanol–water partition coefficient (Wildman–Crippen LogP) is 3.21. The van der Waals surface area contributed by atoms with Gasteiger partial charge in [0.15, 0.2) is 0 Å². The largest absolute Gasteiger partial charge is 0.395 e. The topological polar surface area (TPSA) is 32.3 Å². The summed E-state index contributed by atoms with van der Waals surface area (Å²) in [6.07, 6.45) is 0. The summed E-state index contributed by atoms with van der Waals surface area (Å²) in [4.78, 5) is 0. The van der Waals surface area contributed by atoms with E-state index in [0.29, 0.717) is 12.5 Å². The Morgan fingerprint density at radius 3 is 2.62 bits per heavy atom. The molecule has 90 valence electrons. The van der Waals surface area contributed by atoms with E-state index >= 15 is 0 Å². The molecular formula is C12H17BrClNO. The standard InChI is InChI=1S/C12H17BrClNO/c1-8(2)12(7-16)15-6-9-3-4-10(13)5-11(9)14/h3-5,8,12,15-16H,6-7H2,1-2H3. The molecule has 1 unspecified atom stereocenters. The molecule has 0 saturated carbocycles. The average molecular weight is 307 g/mol. The van der Waals surface area contributed by atoms with Crippen LogP contribution in [0.4, 0.5) is 0 Å². The van der Waals surface area contributed by atoms with Crippen LogP contribution in [0.5, 0.6) is 0 Å². The number of hydrogen-bond acceptors (Lipinski definition) is 2. The van der Waals surface area contributed by atoms with Gasteiger partial charge in [0.2, 0.25) is 0 Å².